The molecule has 0 saturated carbocycles. The first-order chi connectivity index (χ1) is 8.72. The molecule has 0 amide bonds. The number of nitrogens with one attached hydrogen (secondary N) is 1. The van der Waals surface area contributed by atoms with Crippen molar-refractivity contribution in [2.45, 2.75) is 13.0 Å². The van der Waals surface area contributed by atoms with E-state index in [-0.39, 0.29) is 11.9 Å². The molecule has 2 aromatic rings. The van der Waals surface area contributed by atoms with Crippen molar-refractivity contribution in [2.24, 2.45) is 0 Å². The smallest absolute Gasteiger partial charge is 0.128 e. The van der Waals surface area contributed by atoms with Crippen molar-refractivity contribution in [3.8, 4) is 0 Å². The van der Waals surface area contributed by atoms with Gasteiger partial charge < -0.3 is 5.32 Å². The second kappa shape index (κ2) is 6.12. The maximum atomic E-state index is 13.9. The lowest BCUT2D eigenvalue weighted by Gasteiger charge is -2.19. The number of benzene rings is 2. The van der Waals surface area contributed by atoms with Crippen LogP contribution in [0.15, 0.2) is 53.0 Å². The molecule has 3 heteroatoms. The first kappa shape index (κ1) is 13.2. The highest BCUT2D eigenvalue weighted by molar-refractivity contribution is 9.10. The van der Waals surface area contributed by atoms with Gasteiger partial charge in [0.1, 0.15) is 5.82 Å². The quantitative estimate of drug-likeness (QED) is 0.888. The van der Waals surface area contributed by atoms with E-state index >= 15 is 0 Å². The van der Waals surface area contributed by atoms with Gasteiger partial charge in [-0.1, -0.05) is 53.2 Å². The molecule has 0 aliphatic carbocycles. The highest BCUT2D eigenvalue weighted by atomic mass is 79.9. The Balaban J connectivity index is 2.43. The van der Waals surface area contributed by atoms with Crippen molar-refractivity contribution < 1.29 is 4.39 Å². The minimum atomic E-state index is -0.177. The van der Waals surface area contributed by atoms with E-state index in [1.165, 1.54) is 6.07 Å². The summed E-state index contributed by atoms with van der Waals surface area (Å²) in [7, 11) is 0. The molecule has 1 atom stereocenters. The molecular formula is C15H15BrFN. The minimum Gasteiger partial charge on any atom is -0.306 e. The lowest BCUT2D eigenvalue weighted by atomic mass is 9.98. The van der Waals surface area contributed by atoms with Crippen LogP contribution in [-0.4, -0.2) is 6.54 Å². The van der Waals surface area contributed by atoms with Crippen LogP contribution >= 0.6 is 15.9 Å². The van der Waals surface area contributed by atoms with Gasteiger partial charge in [-0.15, -0.1) is 0 Å². The van der Waals surface area contributed by atoms with Crippen LogP contribution in [0.5, 0.6) is 0 Å². The molecule has 1 nitrogen and oxygen atoms in total. The molecule has 1 N–H and O–H groups in total. The van der Waals surface area contributed by atoms with E-state index in [1.807, 2.05) is 43.3 Å². The van der Waals surface area contributed by atoms with Crippen molar-refractivity contribution in [3.05, 3.63) is 69.9 Å². The second-order valence-electron chi connectivity index (χ2n) is 4.07. The Morgan fingerprint density at radius 2 is 1.94 bits per heavy atom. The highest BCUT2D eigenvalue weighted by Gasteiger charge is 2.16. The van der Waals surface area contributed by atoms with Gasteiger partial charge in [0.25, 0.3) is 0 Å². The topological polar surface area (TPSA) is 12.0 Å². The Morgan fingerprint density at radius 3 is 2.61 bits per heavy atom. The molecule has 0 aliphatic rings. The van der Waals surface area contributed by atoms with Crippen molar-refractivity contribution in [1.29, 1.82) is 0 Å². The Bertz CT molecular complexity index is 527. The third-order valence-electron chi connectivity index (χ3n) is 2.81. The summed E-state index contributed by atoms with van der Waals surface area (Å²) in [4.78, 5) is 0. The molecule has 2 aromatic carbocycles. The first-order valence-electron chi connectivity index (χ1n) is 5.95. The number of halogens is 2. The van der Waals surface area contributed by atoms with Gasteiger partial charge in [0.15, 0.2) is 0 Å². The third kappa shape index (κ3) is 2.98. The van der Waals surface area contributed by atoms with Crippen LogP contribution in [0, 0.1) is 5.82 Å². The average Bonchev–Trinajstić information content (AvgIpc) is 2.37. The molecule has 18 heavy (non-hydrogen) atoms. The summed E-state index contributed by atoms with van der Waals surface area (Å²) in [6.45, 7) is 2.80. The zero-order chi connectivity index (χ0) is 13.0. The van der Waals surface area contributed by atoms with Crippen LogP contribution in [0.2, 0.25) is 0 Å². The van der Waals surface area contributed by atoms with Gasteiger partial charge in [-0.2, -0.15) is 0 Å². The van der Waals surface area contributed by atoms with Gasteiger partial charge in [0, 0.05) is 10.0 Å². The Kier molecular flexibility index (Phi) is 4.50. The molecule has 0 saturated heterocycles. The van der Waals surface area contributed by atoms with E-state index in [4.69, 9.17) is 0 Å². The van der Waals surface area contributed by atoms with Crippen LogP contribution in [0.3, 0.4) is 0 Å². The Hall–Kier alpha value is -1.19. The Morgan fingerprint density at radius 1 is 1.17 bits per heavy atom. The van der Waals surface area contributed by atoms with E-state index in [0.29, 0.717) is 5.56 Å². The lowest BCUT2D eigenvalue weighted by molar-refractivity contribution is 0.559. The molecule has 0 heterocycles. The SMILES string of the molecule is CCNC(c1cccc(Br)c1)c1ccccc1F. The summed E-state index contributed by atoms with van der Waals surface area (Å²) in [6.07, 6.45) is 0. The van der Waals surface area contributed by atoms with Crippen LogP contribution in [0.1, 0.15) is 24.1 Å². The summed E-state index contributed by atoms with van der Waals surface area (Å²) in [6, 6.07) is 14.7. The predicted molar refractivity (Wildman–Crippen MR) is 76.1 cm³/mol. The van der Waals surface area contributed by atoms with Crippen LogP contribution < -0.4 is 5.32 Å². The fourth-order valence-electron chi connectivity index (χ4n) is 2.01. The fraction of sp³-hybridized carbons (Fsp3) is 0.200. The molecule has 2 rings (SSSR count). The normalized spacial score (nSPS) is 12.4. The van der Waals surface area contributed by atoms with Crippen LogP contribution in [0.25, 0.3) is 0 Å². The largest absolute Gasteiger partial charge is 0.306 e. The monoisotopic (exact) mass is 307 g/mol. The lowest BCUT2D eigenvalue weighted by Crippen LogP contribution is -2.22. The first-order valence-corrected chi connectivity index (χ1v) is 6.75. The summed E-state index contributed by atoms with van der Waals surface area (Å²) in [5.41, 5.74) is 1.73. The average molecular weight is 308 g/mol. The fourth-order valence-corrected chi connectivity index (χ4v) is 2.42. The summed E-state index contributed by atoms with van der Waals surface area (Å²) in [5.74, 6) is -0.177. The summed E-state index contributed by atoms with van der Waals surface area (Å²) < 4.78 is 14.9. The van der Waals surface area contributed by atoms with Gasteiger partial charge in [0.2, 0.25) is 0 Å². The van der Waals surface area contributed by atoms with Gasteiger partial charge in [-0.05, 0) is 30.3 Å². The molecule has 1 unspecified atom stereocenters. The maximum Gasteiger partial charge on any atom is 0.128 e. The zero-order valence-electron chi connectivity index (χ0n) is 10.2. The predicted octanol–water partition coefficient (Wildman–Crippen LogP) is 4.29. The number of hydrogen-bond donors (Lipinski definition) is 1. The summed E-state index contributed by atoms with van der Waals surface area (Å²) in [5, 5.41) is 3.32. The number of hydrogen-bond acceptors (Lipinski definition) is 1. The summed E-state index contributed by atoms with van der Waals surface area (Å²) >= 11 is 3.45. The van der Waals surface area contributed by atoms with Gasteiger partial charge in [0.05, 0.1) is 6.04 Å². The van der Waals surface area contributed by atoms with Gasteiger partial charge in [-0.3, -0.25) is 0 Å². The van der Waals surface area contributed by atoms with Crippen molar-refractivity contribution in [2.75, 3.05) is 6.54 Å². The molecule has 0 spiro atoms. The molecular weight excluding hydrogens is 293 g/mol. The molecule has 0 aliphatic heterocycles. The van der Waals surface area contributed by atoms with Crippen molar-refractivity contribution >= 4 is 15.9 Å². The Labute approximate surface area is 115 Å². The van der Waals surface area contributed by atoms with E-state index < -0.39 is 0 Å². The highest BCUT2D eigenvalue weighted by Crippen LogP contribution is 2.26. The molecule has 0 radical (unpaired) electrons. The minimum absolute atomic E-state index is 0.117. The third-order valence-corrected chi connectivity index (χ3v) is 3.30. The number of rotatable bonds is 4. The standard InChI is InChI=1S/C15H15BrFN/c1-2-18-15(11-6-5-7-12(16)10-11)13-8-3-4-9-14(13)17/h3-10,15,18H,2H2,1H3. The van der Waals surface area contributed by atoms with E-state index in [0.717, 1.165) is 16.6 Å². The molecule has 0 bridgehead atoms. The molecule has 0 aromatic heterocycles. The van der Waals surface area contributed by atoms with E-state index in [9.17, 15) is 4.39 Å². The maximum absolute atomic E-state index is 13.9. The second-order valence-corrected chi connectivity index (χ2v) is 4.98. The molecule has 94 valence electrons. The molecule has 0 fully saturated rings. The van der Waals surface area contributed by atoms with Crippen molar-refractivity contribution in [1.82, 2.24) is 5.32 Å². The van der Waals surface area contributed by atoms with Crippen LogP contribution in [-0.2, 0) is 0 Å². The van der Waals surface area contributed by atoms with E-state index in [1.54, 1.807) is 6.07 Å². The van der Waals surface area contributed by atoms with Crippen LogP contribution in [0.4, 0.5) is 4.39 Å². The van der Waals surface area contributed by atoms with E-state index in [2.05, 4.69) is 21.2 Å². The van der Waals surface area contributed by atoms with Gasteiger partial charge in [-0.25, -0.2) is 4.39 Å². The van der Waals surface area contributed by atoms with Crippen molar-refractivity contribution in [3.63, 3.8) is 0 Å². The van der Waals surface area contributed by atoms with Gasteiger partial charge >= 0.3 is 0 Å². The zero-order valence-corrected chi connectivity index (χ0v) is 11.7.